The molecule has 0 N–H and O–H groups in total. The first-order valence-corrected chi connectivity index (χ1v) is 8.47. The van der Waals surface area contributed by atoms with Crippen molar-refractivity contribution in [1.29, 1.82) is 0 Å². The lowest BCUT2D eigenvalue weighted by molar-refractivity contribution is 0.570. The molecule has 0 radical (unpaired) electrons. The standard InChI is InChI=1S/C16H27PS/c1-15(2,3)12-8-11(10-18-7)14(17)13(9-12)16(4,5)6/h8-9H,10,17H2,1-7H3. The molecular weight excluding hydrogens is 255 g/mol. The maximum Gasteiger partial charge on any atom is 0.0188 e. The van der Waals surface area contributed by atoms with Crippen molar-refractivity contribution in [2.75, 3.05) is 6.26 Å². The fourth-order valence-corrected chi connectivity index (χ4v) is 3.44. The van der Waals surface area contributed by atoms with E-state index in [2.05, 4.69) is 69.2 Å². The number of rotatable bonds is 2. The molecule has 1 unspecified atom stereocenters. The third-order valence-corrected chi connectivity index (χ3v) is 4.52. The van der Waals surface area contributed by atoms with Gasteiger partial charge in [-0.1, -0.05) is 53.7 Å². The lowest BCUT2D eigenvalue weighted by Gasteiger charge is -2.28. The molecule has 18 heavy (non-hydrogen) atoms. The van der Waals surface area contributed by atoms with Gasteiger partial charge in [0.1, 0.15) is 0 Å². The number of hydrogen-bond acceptors (Lipinski definition) is 1. The van der Waals surface area contributed by atoms with E-state index in [1.165, 1.54) is 22.0 Å². The third-order valence-electron chi connectivity index (χ3n) is 3.24. The van der Waals surface area contributed by atoms with E-state index >= 15 is 0 Å². The van der Waals surface area contributed by atoms with Gasteiger partial charge in [0.2, 0.25) is 0 Å². The fourth-order valence-electron chi connectivity index (χ4n) is 2.04. The molecule has 0 spiro atoms. The second-order valence-corrected chi connectivity index (χ2v) is 8.47. The molecule has 0 amide bonds. The largest absolute Gasteiger partial charge is 0.161 e. The lowest BCUT2D eigenvalue weighted by Crippen LogP contribution is -2.24. The molecule has 0 heterocycles. The summed E-state index contributed by atoms with van der Waals surface area (Å²) < 4.78 is 0. The molecule has 1 aromatic rings. The maximum atomic E-state index is 2.96. The van der Waals surface area contributed by atoms with Crippen LogP contribution in [0.15, 0.2) is 12.1 Å². The van der Waals surface area contributed by atoms with Gasteiger partial charge in [-0.25, -0.2) is 0 Å². The molecule has 0 saturated carbocycles. The molecule has 0 fully saturated rings. The summed E-state index contributed by atoms with van der Waals surface area (Å²) in [6.45, 7) is 13.8. The highest BCUT2D eigenvalue weighted by atomic mass is 32.2. The summed E-state index contributed by atoms with van der Waals surface area (Å²) in [7, 11) is 2.96. The van der Waals surface area contributed by atoms with Crippen LogP contribution in [-0.2, 0) is 16.6 Å². The minimum Gasteiger partial charge on any atom is -0.161 e. The Morgan fingerprint density at radius 3 is 1.94 bits per heavy atom. The average Bonchev–Trinajstić information content (AvgIpc) is 2.17. The quantitative estimate of drug-likeness (QED) is 0.712. The molecular formula is C16H27PS. The summed E-state index contributed by atoms with van der Waals surface area (Å²) in [5.41, 5.74) is 4.79. The molecule has 0 nitrogen and oxygen atoms in total. The molecule has 102 valence electrons. The van der Waals surface area contributed by atoms with Gasteiger partial charge in [0.25, 0.3) is 0 Å². The Morgan fingerprint density at radius 1 is 1.00 bits per heavy atom. The summed E-state index contributed by atoms with van der Waals surface area (Å²) in [6.07, 6.45) is 2.17. The first kappa shape index (κ1) is 16.1. The van der Waals surface area contributed by atoms with Gasteiger partial charge in [0.05, 0.1) is 0 Å². The summed E-state index contributed by atoms with van der Waals surface area (Å²) in [5.74, 6) is 1.09. The second-order valence-electron chi connectivity index (χ2n) is 7.03. The van der Waals surface area contributed by atoms with Crippen molar-refractivity contribution in [3.8, 4) is 0 Å². The molecule has 1 atom stereocenters. The molecule has 0 saturated heterocycles. The van der Waals surface area contributed by atoms with E-state index in [-0.39, 0.29) is 10.8 Å². The van der Waals surface area contributed by atoms with Gasteiger partial charge in [0.15, 0.2) is 0 Å². The van der Waals surface area contributed by atoms with Crippen molar-refractivity contribution in [3.63, 3.8) is 0 Å². The van der Waals surface area contributed by atoms with Crippen molar-refractivity contribution >= 4 is 26.3 Å². The summed E-state index contributed by atoms with van der Waals surface area (Å²) in [6, 6.07) is 4.78. The molecule has 0 aliphatic rings. The van der Waals surface area contributed by atoms with Crippen molar-refractivity contribution in [2.24, 2.45) is 0 Å². The molecule has 1 rings (SSSR count). The predicted molar refractivity (Wildman–Crippen MR) is 90.4 cm³/mol. The Bertz CT molecular complexity index is 422. The number of benzene rings is 1. The summed E-state index contributed by atoms with van der Waals surface area (Å²) >= 11 is 1.89. The van der Waals surface area contributed by atoms with Gasteiger partial charge in [-0.3, -0.25) is 0 Å². The Balaban J connectivity index is 3.47. The fraction of sp³-hybridized carbons (Fsp3) is 0.625. The number of hydrogen-bond donors (Lipinski definition) is 0. The zero-order chi connectivity index (χ0) is 14.1. The van der Waals surface area contributed by atoms with E-state index in [1.807, 2.05) is 11.8 Å². The topological polar surface area (TPSA) is 0 Å². The van der Waals surface area contributed by atoms with Gasteiger partial charge < -0.3 is 0 Å². The van der Waals surface area contributed by atoms with E-state index < -0.39 is 0 Å². The molecule has 0 bridgehead atoms. The summed E-state index contributed by atoms with van der Waals surface area (Å²) in [5, 5.41) is 1.39. The zero-order valence-corrected chi connectivity index (χ0v) is 14.8. The van der Waals surface area contributed by atoms with Crippen LogP contribution in [0.1, 0.15) is 58.2 Å². The van der Waals surface area contributed by atoms with Crippen molar-refractivity contribution in [1.82, 2.24) is 0 Å². The van der Waals surface area contributed by atoms with E-state index in [4.69, 9.17) is 0 Å². The van der Waals surface area contributed by atoms with Crippen LogP contribution in [0.5, 0.6) is 0 Å². The molecule has 2 heteroatoms. The first-order valence-electron chi connectivity index (χ1n) is 6.49. The highest BCUT2D eigenvalue weighted by Crippen LogP contribution is 2.31. The van der Waals surface area contributed by atoms with Gasteiger partial charge in [-0.05, 0) is 39.1 Å². The normalized spacial score (nSPS) is 12.9. The van der Waals surface area contributed by atoms with Crippen LogP contribution in [-0.4, -0.2) is 6.26 Å². The van der Waals surface area contributed by atoms with Crippen LogP contribution >= 0.6 is 21.0 Å². The Morgan fingerprint density at radius 2 is 1.56 bits per heavy atom. The highest BCUT2D eigenvalue weighted by molar-refractivity contribution is 7.97. The molecule has 0 aromatic heterocycles. The minimum absolute atomic E-state index is 0.200. The molecule has 1 aromatic carbocycles. The lowest BCUT2D eigenvalue weighted by atomic mass is 9.79. The van der Waals surface area contributed by atoms with Crippen molar-refractivity contribution in [3.05, 3.63) is 28.8 Å². The van der Waals surface area contributed by atoms with Gasteiger partial charge in [-0.15, -0.1) is 9.24 Å². The second kappa shape index (κ2) is 5.55. The van der Waals surface area contributed by atoms with Gasteiger partial charge in [-0.2, -0.15) is 11.8 Å². The third kappa shape index (κ3) is 3.75. The van der Waals surface area contributed by atoms with Crippen LogP contribution in [0, 0.1) is 0 Å². The van der Waals surface area contributed by atoms with Crippen LogP contribution in [0.2, 0.25) is 0 Å². The van der Waals surface area contributed by atoms with E-state index in [0.717, 1.165) is 5.75 Å². The van der Waals surface area contributed by atoms with Crippen LogP contribution in [0.25, 0.3) is 0 Å². The highest BCUT2D eigenvalue weighted by Gasteiger charge is 2.23. The van der Waals surface area contributed by atoms with Crippen LogP contribution in [0.4, 0.5) is 0 Å². The van der Waals surface area contributed by atoms with Crippen LogP contribution in [0.3, 0.4) is 0 Å². The predicted octanol–water partition coefficient (Wildman–Crippen LogP) is 4.65. The maximum absolute atomic E-state index is 2.96. The molecule has 0 aliphatic heterocycles. The van der Waals surface area contributed by atoms with E-state index in [1.54, 1.807) is 0 Å². The summed E-state index contributed by atoms with van der Waals surface area (Å²) in [4.78, 5) is 0. The Labute approximate surface area is 120 Å². The van der Waals surface area contributed by atoms with Crippen molar-refractivity contribution < 1.29 is 0 Å². The smallest absolute Gasteiger partial charge is 0.0188 e. The number of thioether (sulfide) groups is 1. The van der Waals surface area contributed by atoms with Crippen molar-refractivity contribution in [2.45, 2.75) is 58.1 Å². The van der Waals surface area contributed by atoms with Crippen LogP contribution < -0.4 is 5.30 Å². The average molecular weight is 282 g/mol. The monoisotopic (exact) mass is 282 g/mol. The minimum atomic E-state index is 0.200. The Hall–Kier alpha value is -0.0000000000000000555. The Kier molecular flexibility index (Phi) is 4.95. The zero-order valence-electron chi connectivity index (χ0n) is 12.8. The SMILES string of the molecule is CSCc1cc(C(C)(C)C)cc(C(C)(C)C)c1P. The van der Waals surface area contributed by atoms with E-state index in [0.29, 0.717) is 0 Å². The van der Waals surface area contributed by atoms with Gasteiger partial charge >= 0.3 is 0 Å². The first-order chi connectivity index (χ1) is 8.07. The van der Waals surface area contributed by atoms with Gasteiger partial charge in [0, 0.05) is 5.75 Å². The van der Waals surface area contributed by atoms with E-state index in [9.17, 15) is 0 Å². The molecule has 0 aliphatic carbocycles.